The van der Waals surface area contributed by atoms with Crippen LogP contribution in [0.3, 0.4) is 0 Å². The fourth-order valence-electron chi connectivity index (χ4n) is 4.57. The Bertz CT molecular complexity index is 1050. The lowest BCUT2D eigenvalue weighted by Crippen LogP contribution is -2.43. The van der Waals surface area contributed by atoms with E-state index in [-0.39, 0.29) is 23.4 Å². The predicted octanol–water partition coefficient (Wildman–Crippen LogP) is 4.24. The Hall–Kier alpha value is -3.32. The number of aliphatic hydroxyl groups excluding tert-OH is 1. The number of carbonyl (C=O) groups excluding carboxylic acids is 2. The van der Waals surface area contributed by atoms with Crippen molar-refractivity contribution in [2.45, 2.75) is 45.8 Å². The summed E-state index contributed by atoms with van der Waals surface area (Å²) in [6, 6.07) is 13.9. The number of likely N-dealkylation sites (tertiary alicyclic amines) is 1. The average Bonchev–Trinajstić information content (AvgIpc) is 3.08. The van der Waals surface area contributed by atoms with Crippen LogP contribution in [0.4, 0.5) is 0 Å². The number of ketones is 1. The van der Waals surface area contributed by atoms with Gasteiger partial charge in [0.2, 0.25) is 0 Å². The van der Waals surface area contributed by atoms with Crippen molar-refractivity contribution < 1.29 is 24.2 Å². The summed E-state index contributed by atoms with van der Waals surface area (Å²) in [5.41, 5.74) is 1.22. The normalized spacial score (nSPS) is 17.8. The summed E-state index contributed by atoms with van der Waals surface area (Å²) < 4.78 is 10.8. The topological polar surface area (TPSA) is 79.3 Å². The van der Waals surface area contributed by atoms with E-state index in [2.05, 4.69) is 32.6 Å². The van der Waals surface area contributed by atoms with Gasteiger partial charge in [-0.2, -0.15) is 0 Å². The summed E-state index contributed by atoms with van der Waals surface area (Å²) in [5.74, 6) is -0.481. The minimum atomic E-state index is -0.749. The third-order valence-electron chi connectivity index (χ3n) is 6.24. The first-order valence-corrected chi connectivity index (χ1v) is 11.5. The summed E-state index contributed by atoms with van der Waals surface area (Å²) in [6.07, 6.45) is 0. The van der Waals surface area contributed by atoms with Crippen LogP contribution in [0.25, 0.3) is 5.76 Å². The lowest BCUT2D eigenvalue weighted by Gasteiger charge is -2.33. The van der Waals surface area contributed by atoms with Gasteiger partial charge in [0.25, 0.3) is 11.7 Å². The zero-order valence-electron chi connectivity index (χ0n) is 20.7. The number of methoxy groups -OCH3 is 2. The van der Waals surface area contributed by atoms with Gasteiger partial charge in [-0.1, -0.05) is 36.4 Å². The summed E-state index contributed by atoms with van der Waals surface area (Å²) >= 11 is 0. The zero-order valence-corrected chi connectivity index (χ0v) is 20.7. The molecule has 0 saturated carbocycles. The van der Waals surface area contributed by atoms with Gasteiger partial charge in [-0.25, -0.2) is 0 Å². The average molecular weight is 467 g/mol. The fraction of sp³-hybridized carbons (Fsp3) is 0.407. The van der Waals surface area contributed by atoms with E-state index >= 15 is 0 Å². The van der Waals surface area contributed by atoms with Crippen molar-refractivity contribution >= 4 is 17.4 Å². The Morgan fingerprint density at radius 2 is 1.59 bits per heavy atom. The molecular weight excluding hydrogens is 432 g/mol. The number of carbonyl (C=O) groups is 2. The van der Waals surface area contributed by atoms with Crippen LogP contribution in [0.2, 0.25) is 0 Å². The van der Waals surface area contributed by atoms with Crippen molar-refractivity contribution in [1.29, 1.82) is 0 Å². The van der Waals surface area contributed by atoms with Crippen LogP contribution in [0.15, 0.2) is 54.1 Å². The lowest BCUT2D eigenvalue weighted by atomic mass is 9.95. The molecule has 1 aliphatic heterocycles. The Balaban J connectivity index is 2.13. The number of amides is 1. The highest BCUT2D eigenvalue weighted by molar-refractivity contribution is 6.46. The molecule has 182 valence electrons. The van der Waals surface area contributed by atoms with Gasteiger partial charge < -0.3 is 19.5 Å². The van der Waals surface area contributed by atoms with Crippen molar-refractivity contribution in [1.82, 2.24) is 9.80 Å². The minimum Gasteiger partial charge on any atom is -0.507 e. The molecule has 1 heterocycles. The van der Waals surface area contributed by atoms with Crippen molar-refractivity contribution in [3.63, 3.8) is 0 Å². The van der Waals surface area contributed by atoms with Gasteiger partial charge >= 0.3 is 0 Å². The number of ether oxygens (including phenoxy) is 2. The van der Waals surface area contributed by atoms with Crippen LogP contribution in [0, 0.1) is 0 Å². The molecule has 1 fully saturated rings. The maximum absolute atomic E-state index is 13.2. The van der Waals surface area contributed by atoms with Crippen LogP contribution >= 0.6 is 0 Å². The molecule has 1 atom stereocenters. The third-order valence-corrected chi connectivity index (χ3v) is 6.24. The molecule has 0 aromatic heterocycles. The van der Waals surface area contributed by atoms with Crippen molar-refractivity contribution in [2.75, 3.05) is 27.3 Å². The summed E-state index contributed by atoms with van der Waals surface area (Å²) in [5, 5.41) is 11.2. The first-order valence-electron chi connectivity index (χ1n) is 11.5. The standard InChI is InChI=1S/C27H34N2O5/c1-17(2)28(18(3)4)14-15-29-24(20-12-13-21(33-5)22(16-20)34-6)23(26(31)27(29)32)25(30)19-10-8-7-9-11-19/h7-13,16-18,24,30H,14-15H2,1-6H3. The number of hydrogen-bond acceptors (Lipinski definition) is 6. The van der Waals surface area contributed by atoms with Crippen LogP contribution in [0.1, 0.15) is 44.9 Å². The molecular formula is C27H34N2O5. The molecule has 1 amide bonds. The lowest BCUT2D eigenvalue weighted by molar-refractivity contribution is -0.140. The SMILES string of the molecule is COc1ccc(C2C(=C(O)c3ccccc3)C(=O)C(=O)N2CCN(C(C)C)C(C)C)cc1OC. The van der Waals surface area contributed by atoms with Gasteiger partial charge in [-0.05, 0) is 45.4 Å². The van der Waals surface area contributed by atoms with E-state index in [1.165, 1.54) is 7.11 Å². The highest BCUT2D eigenvalue weighted by Gasteiger charge is 2.46. The molecule has 0 aliphatic carbocycles. The first-order chi connectivity index (χ1) is 16.2. The number of hydrogen-bond donors (Lipinski definition) is 1. The predicted molar refractivity (Wildman–Crippen MR) is 132 cm³/mol. The van der Waals surface area contributed by atoms with E-state index < -0.39 is 17.7 Å². The molecule has 34 heavy (non-hydrogen) atoms. The van der Waals surface area contributed by atoms with E-state index in [1.807, 2.05) is 6.07 Å². The van der Waals surface area contributed by atoms with Gasteiger partial charge in [0.15, 0.2) is 11.5 Å². The van der Waals surface area contributed by atoms with Gasteiger partial charge in [-0.3, -0.25) is 14.5 Å². The Morgan fingerprint density at radius 3 is 2.15 bits per heavy atom. The quantitative estimate of drug-likeness (QED) is 0.338. The molecule has 1 aliphatic rings. The van der Waals surface area contributed by atoms with Gasteiger partial charge in [0.1, 0.15) is 5.76 Å². The number of rotatable bonds is 9. The molecule has 7 nitrogen and oxygen atoms in total. The molecule has 1 N–H and O–H groups in total. The largest absolute Gasteiger partial charge is 0.507 e. The monoisotopic (exact) mass is 466 g/mol. The van der Waals surface area contributed by atoms with E-state index in [1.54, 1.807) is 54.5 Å². The molecule has 1 saturated heterocycles. The second-order valence-corrected chi connectivity index (χ2v) is 8.90. The highest BCUT2D eigenvalue weighted by atomic mass is 16.5. The number of nitrogens with zero attached hydrogens (tertiary/aromatic N) is 2. The number of Topliss-reactive ketones (excluding diaryl/α,β-unsaturated/α-hetero) is 1. The van der Waals surface area contributed by atoms with Crippen LogP contribution < -0.4 is 9.47 Å². The van der Waals surface area contributed by atoms with E-state index in [4.69, 9.17) is 9.47 Å². The zero-order chi connectivity index (χ0) is 25.0. The van der Waals surface area contributed by atoms with Crippen LogP contribution in [-0.4, -0.2) is 66.0 Å². The van der Waals surface area contributed by atoms with E-state index in [9.17, 15) is 14.7 Å². The maximum atomic E-state index is 13.2. The number of benzene rings is 2. The van der Waals surface area contributed by atoms with Crippen LogP contribution in [0.5, 0.6) is 11.5 Å². The summed E-state index contributed by atoms with van der Waals surface area (Å²) in [7, 11) is 3.08. The Morgan fingerprint density at radius 1 is 0.971 bits per heavy atom. The highest BCUT2D eigenvalue weighted by Crippen LogP contribution is 2.41. The molecule has 2 aromatic carbocycles. The summed E-state index contributed by atoms with van der Waals surface area (Å²) in [4.78, 5) is 30.3. The van der Waals surface area contributed by atoms with Crippen molar-refractivity contribution in [3.05, 3.63) is 65.2 Å². The van der Waals surface area contributed by atoms with Crippen molar-refractivity contribution in [2.24, 2.45) is 0 Å². The molecule has 2 aromatic rings. The molecule has 0 radical (unpaired) electrons. The van der Waals surface area contributed by atoms with Crippen molar-refractivity contribution in [3.8, 4) is 11.5 Å². The van der Waals surface area contributed by atoms with E-state index in [0.717, 1.165) is 0 Å². The first kappa shape index (κ1) is 25.3. The maximum Gasteiger partial charge on any atom is 0.295 e. The molecule has 7 heteroatoms. The van der Waals surface area contributed by atoms with E-state index in [0.29, 0.717) is 35.7 Å². The molecule has 0 spiro atoms. The Kier molecular flexibility index (Phi) is 7.99. The molecule has 3 rings (SSSR count). The third kappa shape index (κ3) is 4.94. The molecule has 0 bridgehead atoms. The van der Waals surface area contributed by atoms with Gasteiger partial charge in [0.05, 0.1) is 25.8 Å². The number of aliphatic hydroxyl groups is 1. The second kappa shape index (κ2) is 10.7. The molecule has 1 unspecified atom stereocenters. The minimum absolute atomic E-state index is 0.0732. The Labute approximate surface area is 201 Å². The van der Waals surface area contributed by atoms with Gasteiger partial charge in [0, 0.05) is 30.7 Å². The fourth-order valence-corrected chi connectivity index (χ4v) is 4.57. The summed E-state index contributed by atoms with van der Waals surface area (Å²) in [6.45, 7) is 9.36. The smallest absolute Gasteiger partial charge is 0.295 e. The second-order valence-electron chi connectivity index (χ2n) is 8.90. The van der Waals surface area contributed by atoms with Crippen LogP contribution in [-0.2, 0) is 9.59 Å². The van der Waals surface area contributed by atoms with Gasteiger partial charge in [-0.15, -0.1) is 0 Å².